The maximum absolute atomic E-state index is 12.9. The zero-order chi connectivity index (χ0) is 19.1. The van der Waals surface area contributed by atoms with Crippen LogP contribution in [0, 0.1) is 6.92 Å². The van der Waals surface area contributed by atoms with Crippen molar-refractivity contribution in [1.82, 2.24) is 24.6 Å². The van der Waals surface area contributed by atoms with Gasteiger partial charge < -0.3 is 4.90 Å². The van der Waals surface area contributed by atoms with Crippen LogP contribution in [0.25, 0.3) is 17.2 Å². The smallest absolute Gasteiger partial charge is 0.257 e. The number of carbonyl (C=O) groups is 1. The number of aryl methyl sites for hydroxylation is 2. The molecule has 0 atom stereocenters. The summed E-state index contributed by atoms with van der Waals surface area (Å²) in [5.41, 5.74) is 6.04. The van der Waals surface area contributed by atoms with Gasteiger partial charge >= 0.3 is 0 Å². The van der Waals surface area contributed by atoms with E-state index < -0.39 is 0 Å². The first-order chi connectivity index (χ1) is 13.7. The molecule has 1 aromatic carbocycles. The summed E-state index contributed by atoms with van der Waals surface area (Å²) in [6, 6.07) is 8.39. The number of carbonyl (C=O) groups excluding carboxylic acids is 1. The summed E-state index contributed by atoms with van der Waals surface area (Å²) in [4.78, 5) is 24.2. The molecule has 0 bridgehead atoms. The summed E-state index contributed by atoms with van der Waals surface area (Å²) < 4.78 is 1.68. The first kappa shape index (κ1) is 17.4. The zero-order valence-corrected chi connectivity index (χ0v) is 16.6. The number of fused-ring (bicyclic) bond motifs is 3. The van der Waals surface area contributed by atoms with Crippen LogP contribution in [0.1, 0.15) is 27.2 Å². The van der Waals surface area contributed by atoms with Gasteiger partial charge in [0, 0.05) is 36.4 Å². The Balaban J connectivity index is 1.51. The Kier molecular flexibility index (Phi) is 4.39. The largest absolute Gasteiger partial charge is 0.337 e. The minimum absolute atomic E-state index is 0.0485. The Morgan fingerprint density at radius 1 is 1.07 bits per heavy atom. The van der Waals surface area contributed by atoms with Crippen LogP contribution in [0.3, 0.4) is 0 Å². The van der Waals surface area contributed by atoms with E-state index in [2.05, 4.69) is 28.3 Å². The van der Waals surface area contributed by atoms with Gasteiger partial charge in [-0.15, -0.1) is 0 Å². The van der Waals surface area contributed by atoms with E-state index in [0.717, 1.165) is 54.4 Å². The molecule has 1 fully saturated rings. The molecule has 2 aliphatic rings. The van der Waals surface area contributed by atoms with Crippen LogP contribution in [0.2, 0.25) is 0 Å². The van der Waals surface area contributed by atoms with Crippen molar-refractivity contribution in [3.63, 3.8) is 0 Å². The molecule has 3 aromatic rings. The molecule has 0 saturated carbocycles. The fraction of sp³-hybridized carbons (Fsp3) is 0.333. The quantitative estimate of drug-likeness (QED) is 0.672. The van der Waals surface area contributed by atoms with E-state index >= 15 is 0 Å². The van der Waals surface area contributed by atoms with E-state index in [1.54, 1.807) is 10.9 Å². The number of aromatic nitrogens is 4. The number of hydrogen-bond donors (Lipinski definition) is 0. The monoisotopic (exact) mass is 391 g/mol. The molecule has 0 N–H and O–H groups in total. The molecule has 0 spiro atoms. The van der Waals surface area contributed by atoms with E-state index in [1.807, 2.05) is 35.8 Å². The van der Waals surface area contributed by atoms with Gasteiger partial charge in [0.1, 0.15) is 0 Å². The number of benzene rings is 1. The lowest BCUT2D eigenvalue weighted by molar-refractivity contribution is 0.0771. The molecular weight excluding hydrogens is 370 g/mol. The van der Waals surface area contributed by atoms with Crippen LogP contribution in [-0.4, -0.2) is 55.2 Å². The van der Waals surface area contributed by atoms with Crippen molar-refractivity contribution in [2.24, 2.45) is 0 Å². The van der Waals surface area contributed by atoms with Crippen LogP contribution >= 0.6 is 11.8 Å². The van der Waals surface area contributed by atoms with Crippen LogP contribution in [0.4, 0.5) is 0 Å². The van der Waals surface area contributed by atoms with Crippen molar-refractivity contribution in [2.45, 2.75) is 19.8 Å². The van der Waals surface area contributed by atoms with Gasteiger partial charge in [-0.25, -0.2) is 14.6 Å². The van der Waals surface area contributed by atoms with Crippen LogP contribution in [-0.2, 0) is 12.8 Å². The Labute approximate surface area is 168 Å². The highest BCUT2D eigenvalue weighted by atomic mass is 32.2. The lowest BCUT2D eigenvalue weighted by Crippen LogP contribution is -2.38. The molecule has 0 radical (unpaired) electrons. The average Bonchev–Trinajstić information content (AvgIpc) is 3.14. The first-order valence-electron chi connectivity index (χ1n) is 9.58. The normalized spacial score (nSPS) is 15.8. The van der Waals surface area contributed by atoms with Gasteiger partial charge in [-0.2, -0.15) is 16.9 Å². The van der Waals surface area contributed by atoms with Crippen molar-refractivity contribution >= 4 is 17.7 Å². The Bertz CT molecular complexity index is 1050. The highest BCUT2D eigenvalue weighted by Crippen LogP contribution is 2.31. The molecule has 2 aromatic heterocycles. The number of thioether (sulfide) groups is 1. The third-order valence-electron chi connectivity index (χ3n) is 5.52. The maximum Gasteiger partial charge on any atom is 0.257 e. The second kappa shape index (κ2) is 7.05. The topological polar surface area (TPSA) is 63.9 Å². The van der Waals surface area contributed by atoms with Crippen molar-refractivity contribution in [2.75, 3.05) is 24.6 Å². The van der Waals surface area contributed by atoms with Crippen molar-refractivity contribution < 1.29 is 4.79 Å². The van der Waals surface area contributed by atoms with Crippen LogP contribution in [0.15, 0.2) is 36.7 Å². The van der Waals surface area contributed by atoms with E-state index in [-0.39, 0.29) is 5.91 Å². The van der Waals surface area contributed by atoms with Gasteiger partial charge in [-0.1, -0.05) is 24.3 Å². The van der Waals surface area contributed by atoms with Gasteiger partial charge in [0.2, 0.25) is 0 Å². The summed E-state index contributed by atoms with van der Waals surface area (Å²) in [5.74, 6) is 2.55. The Morgan fingerprint density at radius 3 is 2.71 bits per heavy atom. The molecule has 142 valence electrons. The number of hydrogen-bond acceptors (Lipinski definition) is 5. The van der Waals surface area contributed by atoms with E-state index in [4.69, 9.17) is 4.98 Å². The molecule has 1 amide bonds. The van der Waals surface area contributed by atoms with Crippen LogP contribution < -0.4 is 0 Å². The predicted molar refractivity (Wildman–Crippen MR) is 110 cm³/mol. The second-order valence-corrected chi connectivity index (χ2v) is 8.39. The van der Waals surface area contributed by atoms with Gasteiger partial charge in [0.15, 0.2) is 0 Å². The molecule has 5 rings (SSSR count). The fourth-order valence-corrected chi connectivity index (χ4v) is 4.82. The van der Waals surface area contributed by atoms with Gasteiger partial charge in [-0.3, -0.25) is 4.79 Å². The molecule has 7 heteroatoms. The van der Waals surface area contributed by atoms with E-state index in [1.165, 1.54) is 11.1 Å². The SMILES string of the molecule is Cc1c(C(=O)N2CCSCC2)cnn1-c1ncc2c(n1)-c1ccccc1CC2. The summed E-state index contributed by atoms with van der Waals surface area (Å²) in [7, 11) is 0. The Morgan fingerprint density at radius 2 is 1.86 bits per heavy atom. The highest BCUT2D eigenvalue weighted by molar-refractivity contribution is 7.99. The first-order valence-corrected chi connectivity index (χ1v) is 10.7. The van der Waals surface area contributed by atoms with Gasteiger partial charge in [0.05, 0.1) is 23.1 Å². The van der Waals surface area contributed by atoms with E-state index in [0.29, 0.717) is 11.5 Å². The van der Waals surface area contributed by atoms with Gasteiger partial charge in [-0.05, 0) is 30.9 Å². The number of amides is 1. The lowest BCUT2D eigenvalue weighted by atomic mass is 9.90. The maximum atomic E-state index is 12.9. The summed E-state index contributed by atoms with van der Waals surface area (Å²) in [6.45, 7) is 3.50. The van der Waals surface area contributed by atoms with Gasteiger partial charge in [0.25, 0.3) is 11.9 Å². The highest BCUT2D eigenvalue weighted by Gasteiger charge is 2.24. The standard InChI is InChI=1S/C21H21N5OS/c1-14-18(20(27)25-8-10-28-11-9-25)13-23-26(14)21-22-12-16-7-6-15-4-2-3-5-17(15)19(16)24-21/h2-5,12-13H,6-11H2,1H3. The van der Waals surface area contributed by atoms with Crippen molar-refractivity contribution in [1.29, 1.82) is 0 Å². The molecular formula is C21H21N5OS. The lowest BCUT2D eigenvalue weighted by Gasteiger charge is -2.26. The Hall–Kier alpha value is -2.67. The van der Waals surface area contributed by atoms with Crippen LogP contribution in [0.5, 0.6) is 0 Å². The van der Waals surface area contributed by atoms with Crippen molar-refractivity contribution in [3.05, 3.63) is 59.0 Å². The number of nitrogens with zero attached hydrogens (tertiary/aromatic N) is 5. The average molecular weight is 392 g/mol. The molecule has 1 saturated heterocycles. The molecule has 0 unspecified atom stereocenters. The molecule has 28 heavy (non-hydrogen) atoms. The fourth-order valence-electron chi connectivity index (χ4n) is 3.91. The molecule has 6 nitrogen and oxygen atoms in total. The third-order valence-corrected chi connectivity index (χ3v) is 6.46. The van der Waals surface area contributed by atoms with E-state index in [9.17, 15) is 4.79 Å². The molecule has 1 aliphatic heterocycles. The third kappa shape index (κ3) is 2.90. The summed E-state index contributed by atoms with van der Waals surface area (Å²) in [5, 5.41) is 4.45. The minimum Gasteiger partial charge on any atom is -0.337 e. The second-order valence-electron chi connectivity index (χ2n) is 7.16. The molecule has 3 heterocycles. The molecule has 1 aliphatic carbocycles. The number of rotatable bonds is 2. The van der Waals surface area contributed by atoms with Crippen molar-refractivity contribution in [3.8, 4) is 17.2 Å². The summed E-state index contributed by atoms with van der Waals surface area (Å²) >= 11 is 1.89. The summed E-state index contributed by atoms with van der Waals surface area (Å²) in [6.07, 6.45) is 5.51. The zero-order valence-electron chi connectivity index (χ0n) is 15.8. The predicted octanol–water partition coefficient (Wildman–Crippen LogP) is 2.93. The minimum atomic E-state index is 0.0485.